The van der Waals surface area contributed by atoms with E-state index in [1.54, 1.807) is 24.3 Å². The Morgan fingerprint density at radius 3 is 2.33 bits per heavy atom. The van der Waals surface area contributed by atoms with Crippen LogP contribution in [0.15, 0.2) is 113 Å². The Morgan fingerprint density at radius 1 is 1.04 bits per heavy atom. The Hall–Kier alpha value is -3.94. The number of allylic oxidation sites excluding steroid dienone is 7. The number of carbonyl (C=O) groups excluding carboxylic acids is 1. The molecule has 1 aromatic heterocycles. The van der Waals surface area contributed by atoms with Gasteiger partial charge in [0.1, 0.15) is 5.82 Å². The molecule has 2 aromatic carbocycles. The molecule has 0 radical (unpaired) electrons. The Labute approximate surface area is 274 Å². The van der Waals surface area contributed by atoms with Crippen molar-refractivity contribution in [2.45, 2.75) is 64.3 Å². The lowest BCUT2D eigenvalue weighted by Crippen LogP contribution is -2.05. The van der Waals surface area contributed by atoms with Crippen molar-refractivity contribution in [3.63, 3.8) is 0 Å². The van der Waals surface area contributed by atoms with Crippen LogP contribution in [0.2, 0.25) is 0 Å². The number of imidazole rings is 1. The SMILES string of the molecule is C/C=C/C(C)Cl.C/C=C/c1cn(CC2=CCC=C(C(=O)OC)C=C2)c(Cc2ccc(-c3cccc(S(C)(=O)=O)c3)cc2)n1.CC. The molecular weight excluding hydrogens is 604 g/mol. The van der Waals surface area contributed by atoms with Gasteiger partial charge in [0.15, 0.2) is 9.84 Å². The van der Waals surface area contributed by atoms with Crippen molar-refractivity contribution in [3.8, 4) is 11.1 Å². The topological polar surface area (TPSA) is 78.3 Å². The van der Waals surface area contributed by atoms with Crippen LogP contribution >= 0.6 is 11.6 Å². The second kappa shape index (κ2) is 18.8. The Bertz CT molecular complexity index is 1660. The second-order valence-corrected chi connectivity index (χ2v) is 12.8. The number of aromatic nitrogens is 2. The zero-order valence-corrected chi connectivity index (χ0v) is 28.9. The highest BCUT2D eigenvalue weighted by Gasteiger charge is 2.12. The van der Waals surface area contributed by atoms with E-state index in [1.165, 1.54) is 13.4 Å². The molecule has 4 rings (SSSR count). The van der Waals surface area contributed by atoms with Crippen LogP contribution in [0.1, 0.15) is 58.1 Å². The lowest BCUT2D eigenvalue weighted by molar-refractivity contribution is -0.135. The molecule has 0 fully saturated rings. The van der Waals surface area contributed by atoms with E-state index in [2.05, 4.69) is 10.6 Å². The number of alkyl halides is 1. The molecule has 0 amide bonds. The van der Waals surface area contributed by atoms with E-state index in [9.17, 15) is 13.2 Å². The van der Waals surface area contributed by atoms with Gasteiger partial charge in [0.05, 0.1) is 23.3 Å². The number of esters is 1. The van der Waals surface area contributed by atoms with Gasteiger partial charge in [0.2, 0.25) is 0 Å². The first-order chi connectivity index (χ1) is 21.5. The van der Waals surface area contributed by atoms with Crippen LogP contribution in [0, 0.1) is 0 Å². The second-order valence-electron chi connectivity index (χ2n) is 10.1. The normalized spacial score (nSPS) is 13.6. The van der Waals surface area contributed by atoms with Crippen molar-refractivity contribution in [1.29, 1.82) is 0 Å². The Kier molecular flexibility index (Phi) is 15.5. The van der Waals surface area contributed by atoms with Crippen molar-refractivity contribution in [2.75, 3.05) is 13.4 Å². The summed E-state index contributed by atoms with van der Waals surface area (Å²) in [6.45, 7) is 10.5. The smallest absolute Gasteiger partial charge is 0.337 e. The maximum absolute atomic E-state index is 11.9. The van der Waals surface area contributed by atoms with Gasteiger partial charge in [-0.2, -0.15) is 0 Å². The highest BCUT2D eigenvalue weighted by atomic mass is 35.5. The number of sulfone groups is 1. The average molecular weight is 649 g/mol. The van der Waals surface area contributed by atoms with Crippen molar-refractivity contribution in [1.82, 2.24) is 9.55 Å². The maximum Gasteiger partial charge on any atom is 0.337 e. The number of methoxy groups -OCH3 is 1. The van der Waals surface area contributed by atoms with E-state index >= 15 is 0 Å². The molecule has 0 N–H and O–H groups in total. The zero-order valence-electron chi connectivity index (χ0n) is 27.3. The van der Waals surface area contributed by atoms with Crippen molar-refractivity contribution >= 4 is 33.5 Å². The molecule has 1 unspecified atom stereocenters. The molecule has 0 aliphatic heterocycles. The van der Waals surface area contributed by atoms with Crippen LogP contribution in [0.25, 0.3) is 17.2 Å². The van der Waals surface area contributed by atoms with Crippen LogP contribution in [0.4, 0.5) is 0 Å². The number of hydrogen-bond acceptors (Lipinski definition) is 5. The average Bonchev–Trinajstić information content (AvgIpc) is 3.23. The molecule has 8 heteroatoms. The summed E-state index contributed by atoms with van der Waals surface area (Å²) < 4.78 is 30.8. The number of rotatable bonds is 9. The van der Waals surface area contributed by atoms with Gasteiger partial charge < -0.3 is 9.30 Å². The van der Waals surface area contributed by atoms with Crippen molar-refractivity contribution in [2.24, 2.45) is 0 Å². The van der Waals surface area contributed by atoms with Gasteiger partial charge in [-0.3, -0.25) is 0 Å². The summed E-state index contributed by atoms with van der Waals surface area (Å²) in [5.74, 6) is 0.593. The van der Waals surface area contributed by atoms with Crippen LogP contribution < -0.4 is 0 Å². The molecular formula is C37H45ClN2O4S. The van der Waals surface area contributed by atoms with Gasteiger partial charge in [-0.15, -0.1) is 11.6 Å². The van der Waals surface area contributed by atoms with Gasteiger partial charge in [-0.05, 0) is 73.7 Å². The number of benzene rings is 2. The number of nitrogens with zero attached hydrogens (tertiary/aromatic N) is 2. The number of hydrogen-bond donors (Lipinski definition) is 0. The number of halogens is 1. The number of carbonyl (C=O) groups is 1. The minimum absolute atomic E-state index is 0.190. The summed E-state index contributed by atoms with van der Waals surface area (Å²) in [5, 5.41) is 0.190. The third kappa shape index (κ3) is 12.2. The van der Waals surface area contributed by atoms with Gasteiger partial charge >= 0.3 is 5.97 Å². The predicted octanol–water partition coefficient (Wildman–Crippen LogP) is 8.78. The van der Waals surface area contributed by atoms with Gasteiger partial charge in [0.25, 0.3) is 0 Å². The molecule has 1 heterocycles. The summed E-state index contributed by atoms with van der Waals surface area (Å²) in [6, 6.07) is 15.1. The largest absolute Gasteiger partial charge is 0.465 e. The molecule has 1 aliphatic carbocycles. The van der Waals surface area contributed by atoms with Gasteiger partial charge in [-0.25, -0.2) is 18.2 Å². The molecule has 0 bridgehead atoms. The van der Waals surface area contributed by atoms with E-state index in [1.807, 2.05) is 108 Å². The lowest BCUT2D eigenvalue weighted by atomic mass is 10.0. The van der Waals surface area contributed by atoms with E-state index in [4.69, 9.17) is 21.3 Å². The third-order valence-electron chi connectivity index (χ3n) is 6.55. The van der Waals surface area contributed by atoms with E-state index in [-0.39, 0.29) is 11.3 Å². The van der Waals surface area contributed by atoms with Crippen LogP contribution in [0.3, 0.4) is 0 Å². The molecule has 240 valence electrons. The van der Waals surface area contributed by atoms with Crippen molar-refractivity contribution < 1.29 is 17.9 Å². The van der Waals surface area contributed by atoms with Gasteiger partial charge in [-0.1, -0.05) is 86.7 Å². The quantitative estimate of drug-likeness (QED) is 0.132. The van der Waals surface area contributed by atoms with E-state index in [0.717, 1.165) is 33.8 Å². The Balaban J connectivity index is 0.000000790. The van der Waals surface area contributed by atoms with Gasteiger partial charge in [0, 0.05) is 30.8 Å². The molecule has 3 aromatic rings. The van der Waals surface area contributed by atoms with E-state index in [0.29, 0.717) is 29.9 Å². The highest BCUT2D eigenvalue weighted by Crippen LogP contribution is 2.24. The van der Waals surface area contributed by atoms with Crippen LogP contribution in [-0.4, -0.2) is 42.7 Å². The fraction of sp³-hybridized carbons (Fsp3) is 0.297. The summed E-state index contributed by atoms with van der Waals surface area (Å²) in [4.78, 5) is 17.0. The maximum atomic E-state index is 11.9. The fourth-order valence-electron chi connectivity index (χ4n) is 4.43. The molecule has 0 saturated carbocycles. The predicted molar refractivity (Wildman–Crippen MR) is 188 cm³/mol. The summed E-state index contributed by atoms with van der Waals surface area (Å²) in [5.41, 5.74) is 5.44. The molecule has 6 nitrogen and oxygen atoms in total. The van der Waals surface area contributed by atoms with E-state index < -0.39 is 9.84 Å². The fourth-order valence-corrected chi connectivity index (χ4v) is 5.24. The molecule has 1 aliphatic rings. The monoisotopic (exact) mass is 648 g/mol. The zero-order chi connectivity index (χ0) is 33.4. The summed E-state index contributed by atoms with van der Waals surface area (Å²) in [6.07, 6.45) is 20.1. The van der Waals surface area contributed by atoms with Crippen LogP contribution in [0.5, 0.6) is 0 Å². The summed E-state index contributed by atoms with van der Waals surface area (Å²) in [7, 11) is -1.88. The third-order valence-corrected chi connectivity index (χ3v) is 7.81. The molecule has 0 saturated heterocycles. The van der Waals surface area contributed by atoms with Crippen molar-refractivity contribution in [3.05, 3.63) is 125 Å². The Morgan fingerprint density at radius 2 is 1.76 bits per heavy atom. The first kappa shape index (κ1) is 37.2. The first-order valence-electron chi connectivity index (χ1n) is 15.0. The van der Waals surface area contributed by atoms with Crippen LogP contribution in [-0.2, 0) is 32.3 Å². The standard InChI is InChI=1S/C30H30N2O4S.C5H9Cl.C2H6/c1-4-7-27-21-32(20-23-8-5-9-25(17-14-23)30(33)36-2)29(31-27)18-22-12-15-24(16-13-22)26-10-6-11-28(19-26)37(3,34)35;1-3-4-5(2)6;1-2/h4,6-17,19,21H,5,18,20H2,1-3H3;3-5H,1-2H3;1-2H3/b7-4+;4-3+;. The minimum atomic E-state index is -3.26. The first-order valence-corrected chi connectivity index (χ1v) is 17.4. The molecule has 45 heavy (non-hydrogen) atoms. The number of ether oxygens (including phenoxy) is 1. The lowest BCUT2D eigenvalue weighted by Gasteiger charge is -2.10. The molecule has 0 spiro atoms. The minimum Gasteiger partial charge on any atom is -0.465 e. The summed E-state index contributed by atoms with van der Waals surface area (Å²) >= 11 is 5.49. The highest BCUT2D eigenvalue weighted by molar-refractivity contribution is 7.90. The molecule has 1 atom stereocenters.